The molecule has 7 nitrogen and oxygen atoms in total. The summed E-state index contributed by atoms with van der Waals surface area (Å²) in [5, 5.41) is 3.03. The zero-order valence-electron chi connectivity index (χ0n) is 26.1. The Labute approximate surface area is 271 Å². The number of aryl methyl sites for hydroxylation is 2. The average molecular weight is 642 g/mol. The maximum atomic E-state index is 14.0. The molecule has 0 aliphatic carbocycles. The van der Waals surface area contributed by atoms with Crippen LogP contribution in [0.1, 0.15) is 47.1 Å². The van der Waals surface area contributed by atoms with Crippen LogP contribution >= 0.6 is 0 Å². The fraction of sp³-hybridized carbons (Fsp3) is 0.297. The van der Waals surface area contributed by atoms with E-state index in [1.807, 2.05) is 61.5 Å². The van der Waals surface area contributed by atoms with Crippen LogP contribution in [0.5, 0.6) is 0 Å². The predicted molar refractivity (Wildman–Crippen MR) is 177 cm³/mol. The predicted octanol–water partition coefficient (Wildman–Crippen LogP) is 5.81. The number of carbonyl (C=O) groups is 2. The first-order valence-corrected chi connectivity index (χ1v) is 17.1. The Bertz CT molecular complexity index is 1710. The quantitative estimate of drug-likeness (QED) is 0.200. The SMILES string of the molecule is Cc1ccc(CNC(=O)[C@H](Cc2ccccc2)N(Cc2ccc(F)cc2)C(=O)CCc2ccc(S(=O)(=O)N3CCCC3)cc2)cc1. The first-order valence-electron chi connectivity index (χ1n) is 15.7. The highest BCUT2D eigenvalue weighted by Gasteiger charge is 2.31. The summed E-state index contributed by atoms with van der Waals surface area (Å²) in [4.78, 5) is 29.7. The second-order valence-corrected chi connectivity index (χ2v) is 13.8. The van der Waals surface area contributed by atoms with E-state index in [-0.39, 0.29) is 35.5 Å². The number of benzene rings is 4. The Morgan fingerprint density at radius 3 is 2.07 bits per heavy atom. The molecular formula is C37H40FN3O4S. The van der Waals surface area contributed by atoms with Crippen molar-refractivity contribution in [2.45, 2.75) is 63.1 Å². The van der Waals surface area contributed by atoms with Gasteiger partial charge in [-0.25, -0.2) is 12.8 Å². The molecule has 9 heteroatoms. The topological polar surface area (TPSA) is 86.8 Å². The van der Waals surface area contributed by atoms with Crippen molar-refractivity contribution in [2.75, 3.05) is 13.1 Å². The molecule has 0 bridgehead atoms. The van der Waals surface area contributed by atoms with E-state index in [4.69, 9.17) is 0 Å². The van der Waals surface area contributed by atoms with Gasteiger partial charge in [-0.1, -0.05) is 84.4 Å². The van der Waals surface area contributed by atoms with Gasteiger partial charge in [0, 0.05) is 39.0 Å². The van der Waals surface area contributed by atoms with Crippen molar-refractivity contribution in [2.24, 2.45) is 0 Å². The molecule has 0 saturated carbocycles. The van der Waals surface area contributed by atoms with Crippen molar-refractivity contribution >= 4 is 21.8 Å². The summed E-state index contributed by atoms with van der Waals surface area (Å²) in [6.45, 7) is 3.51. The van der Waals surface area contributed by atoms with E-state index in [1.165, 1.54) is 16.4 Å². The van der Waals surface area contributed by atoms with Gasteiger partial charge in [0.2, 0.25) is 21.8 Å². The highest BCUT2D eigenvalue weighted by atomic mass is 32.2. The van der Waals surface area contributed by atoms with E-state index in [2.05, 4.69) is 5.32 Å². The number of sulfonamides is 1. The van der Waals surface area contributed by atoms with Gasteiger partial charge in [-0.15, -0.1) is 0 Å². The second kappa shape index (κ2) is 15.3. The van der Waals surface area contributed by atoms with Gasteiger partial charge in [0.15, 0.2) is 0 Å². The summed E-state index contributed by atoms with van der Waals surface area (Å²) in [6.07, 6.45) is 2.50. The van der Waals surface area contributed by atoms with Crippen LogP contribution < -0.4 is 5.32 Å². The second-order valence-electron chi connectivity index (χ2n) is 11.8. The molecule has 1 saturated heterocycles. The standard InChI is InChI=1S/C37H40FN3O4S/c1-28-9-11-31(12-10-28)26-39-37(43)35(25-30-7-3-2-4-8-30)41(27-32-13-18-33(38)19-14-32)36(42)22-17-29-15-20-34(21-16-29)46(44,45)40-23-5-6-24-40/h2-4,7-16,18-21,35H,5-6,17,22-27H2,1H3,(H,39,43)/t35-/m0/s1. The van der Waals surface area contributed by atoms with E-state index >= 15 is 0 Å². The van der Waals surface area contributed by atoms with E-state index in [1.54, 1.807) is 41.3 Å². The molecule has 4 aromatic carbocycles. The minimum atomic E-state index is -3.53. The normalized spacial score (nSPS) is 14.1. The van der Waals surface area contributed by atoms with E-state index in [9.17, 15) is 22.4 Å². The molecule has 0 radical (unpaired) electrons. The Hall–Kier alpha value is -4.34. The fourth-order valence-electron chi connectivity index (χ4n) is 5.65. The van der Waals surface area contributed by atoms with Crippen molar-refractivity contribution < 1.29 is 22.4 Å². The highest BCUT2D eigenvalue weighted by Crippen LogP contribution is 2.22. The summed E-state index contributed by atoms with van der Waals surface area (Å²) in [5.74, 6) is -0.894. The fourth-order valence-corrected chi connectivity index (χ4v) is 7.17. The number of hydrogen-bond donors (Lipinski definition) is 1. The smallest absolute Gasteiger partial charge is 0.243 e. The van der Waals surface area contributed by atoms with Crippen LogP contribution in [0.3, 0.4) is 0 Å². The van der Waals surface area contributed by atoms with E-state index in [0.717, 1.165) is 35.1 Å². The van der Waals surface area contributed by atoms with E-state index < -0.39 is 16.1 Å². The number of halogens is 1. The molecular weight excluding hydrogens is 601 g/mol. The number of amides is 2. The Morgan fingerprint density at radius 1 is 0.804 bits per heavy atom. The zero-order chi connectivity index (χ0) is 32.5. The van der Waals surface area contributed by atoms with Crippen molar-refractivity contribution in [3.8, 4) is 0 Å². The number of nitrogens with zero attached hydrogens (tertiary/aromatic N) is 2. The molecule has 1 atom stereocenters. The van der Waals surface area contributed by atoms with Crippen LogP contribution in [0.15, 0.2) is 108 Å². The van der Waals surface area contributed by atoms with Crippen molar-refractivity contribution in [1.82, 2.24) is 14.5 Å². The summed E-state index contributed by atoms with van der Waals surface area (Å²) >= 11 is 0. The third kappa shape index (κ3) is 8.68. The monoisotopic (exact) mass is 641 g/mol. The van der Waals surface area contributed by atoms with Crippen molar-refractivity contribution in [1.29, 1.82) is 0 Å². The lowest BCUT2D eigenvalue weighted by atomic mass is 10.0. The summed E-state index contributed by atoms with van der Waals surface area (Å²) in [6, 6.07) is 29.3. The van der Waals surface area contributed by atoms with Gasteiger partial charge in [0.05, 0.1) is 4.90 Å². The van der Waals surface area contributed by atoms with Gasteiger partial charge in [0.25, 0.3) is 0 Å². The molecule has 1 N–H and O–H groups in total. The molecule has 1 heterocycles. The summed E-state index contributed by atoms with van der Waals surface area (Å²) in [5.41, 5.74) is 4.50. The Morgan fingerprint density at radius 2 is 1.41 bits per heavy atom. The third-order valence-corrected chi connectivity index (χ3v) is 10.3. The van der Waals surface area contributed by atoms with Crippen LogP contribution in [0.4, 0.5) is 4.39 Å². The molecule has 2 amide bonds. The number of rotatable bonds is 13. The molecule has 0 unspecified atom stereocenters. The van der Waals surface area contributed by atoms with Crippen LogP contribution in [0.2, 0.25) is 0 Å². The van der Waals surface area contributed by atoms with Crippen LogP contribution in [0.25, 0.3) is 0 Å². The van der Waals surface area contributed by atoms with Crippen LogP contribution in [-0.4, -0.2) is 48.6 Å². The number of hydrogen-bond acceptors (Lipinski definition) is 4. The zero-order valence-corrected chi connectivity index (χ0v) is 26.9. The molecule has 1 aliphatic rings. The molecule has 5 rings (SSSR count). The maximum absolute atomic E-state index is 14.0. The lowest BCUT2D eigenvalue weighted by Crippen LogP contribution is -2.50. The van der Waals surface area contributed by atoms with Crippen LogP contribution in [-0.2, 0) is 45.5 Å². The lowest BCUT2D eigenvalue weighted by Gasteiger charge is -2.32. The molecule has 1 aliphatic heterocycles. The van der Waals surface area contributed by atoms with Crippen molar-refractivity contribution in [3.05, 3.63) is 137 Å². The van der Waals surface area contributed by atoms with Gasteiger partial charge in [0.1, 0.15) is 11.9 Å². The minimum absolute atomic E-state index is 0.107. The highest BCUT2D eigenvalue weighted by molar-refractivity contribution is 7.89. The molecule has 0 aromatic heterocycles. The van der Waals surface area contributed by atoms with Gasteiger partial charge >= 0.3 is 0 Å². The minimum Gasteiger partial charge on any atom is -0.350 e. The first kappa shape index (κ1) is 33.0. The third-order valence-electron chi connectivity index (χ3n) is 8.38. The molecule has 46 heavy (non-hydrogen) atoms. The average Bonchev–Trinajstić information content (AvgIpc) is 3.63. The van der Waals surface area contributed by atoms with Crippen molar-refractivity contribution in [3.63, 3.8) is 0 Å². The summed E-state index contributed by atoms with van der Waals surface area (Å²) in [7, 11) is -3.53. The molecule has 0 spiro atoms. The Kier molecular flexibility index (Phi) is 11.0. The van der Waals surface area contributed by atoms with Crippen LogP contribution in [0, 0.1) is 12.7 Å². The first-order chi connectivity index (χ1) is 22.2. The Balaban J connectivity index is 1.36. The van der Waals surface area contributed by atoms with Gasteiger partial charge in [-0.05, 0) is 72.7 Å². The molecule has 1 fully saturated rings. The molecule has 4 aromatic rings. The maximum Gasteiger partial charge on any atom is 0.243 e. The van der Waals surface area contributed by atoms with E-state index in [0.29, 0.717) is 38.0 Å². The number of carbonyl (C=O) groups excluding carboxylic acids is 2. The van der Waals surface area contributed by atoms with Gasteiger partial charge < -0.3 is 10.2 Å². The lowest BCUT2D eigenvalue weighted by molar-refractivity contribution is -0.141. The van der Waals surface area contributed by atoms with Gasteiger partial charge in [-0.3, -0.25) is 9.59 Å². The molecule has 240 valence electrons. The van der Waals surface area contributed by atoms with Gasteiger partial charge in [-0.2, -0.15) is 4.31 Å². The largest absolute Gasteiger partial charge is 0.350 e. The number of nitrogens with one attached hydrogen (secondary N) is 1. The summed E-state index contributed by atoms with van der Waals surface area (Å²) < 4.78 is 41.2.